The van der Waals surface area contributed by atoms with Crippen LogP contribution in [0.2, 0.25) is 0 Å². The second kappa shape index (κ2) is 4.05. The molecule has 0 N–H and O–H groups in total. The lowest BCUT2D eigenvalue weighted by molar-refractivity contribution is -0.129. The fraction of sp³-hybridized carbons (Fsp3) is 0.462. The summed E-state index contributed by atoms with van der Waals surface area (Å²) in [6.07, 6.45) is 5.53. The lowest BCUT2D eigenvalue weighted by Crippen LogP contribution is -2.43. The molecule has 2 heteroatoms. The standard InChI is InChI=1S/C13H19NO/c1-6-8-11-10(7-2)9-14(12(11)15)13(3,4)5/h6-8H,2,9H2,1,3-5H3/b8-6-. The molecular formula is C13H19NO. The van der Waals surface area contributed by atoms with Crippen molar-refractivity contribution in [3.63, 3.8) is 0 Å². The van der Waals surface area contributed by atoms with Crippen LogP contribution in [0.3, 0.4) is 0 Å². The zero-order valence-electron chi connectivity index (χ0n) is 10.0. The maximum Gasteiger partial charge on any atom is 0.254 e. The predicted octanol–water partition coefficient (Wildman–Crippen LogP) is 2.69. The van der Waals surface area contributed by atoms with Crippen molar-refractivity contribution in [1.29, 1.82) is 0 Å². The van der Waals surface area contributed by atoms with Gasteiger partial charge >= 0.3 is 0 Å². The fourth-order valence-electron chi connectivity index (χ4n) is 1.67. The highest BCUT2D eigenvalue weighted by atomic mass is 16.2. The van der Waals surface area contributed by atoms with Crippen LogP contribution in [0.25, 0.3) is 0 Å². The van der Waals surface area contributed by atoms with Gasteiger partial charge in [-0.15, -0.1) is 0 Å². The molecule has 0 atom stereocenters. The minimum absolute atomic E-state index is 0.107. The van der Waals surface area contributed by atoms with Crippen LogP contribution < -0.4 is 0 Å². The van der Waals surface area contributed by atoms with Gasteiger partial charge < -0.3 is 4.90 Å². The molecule has 0 aliphatic carbocycles. The summed E-state index contributed by atoms with van der Waals surface area (Å²) in [5.74, 6) is 0.107. The zero-order chi connectivity index (χ0) is 11.6. The smallest absolute Gasteiger partial charge is 0.254 e. The molecule has 0 aromatic carbocycles. The Kier molecular flexibility index (Phi) is 3.18. The Hall–Kier alpha value is -1.31. The average molecular weight is 205 g/mol. The molecule has 1 heterocycles. The van der Waals surface area contributed by atoms with E-state index in [9.17, 15) is 4.79 Å². The Morgan fingerprint density at radius 1 is 1.40 bits per heavy atom. The minimum Gasteiger partial charge on any atom is -0.329 e. The SMILES string of the molecule is C=CC1=C(/C=C\C)C(=O)N(C(C)(C)C)C1. The lowest BCUT2D eigenvalue weighted by Gasteiger charge is -2.32. The highest BCUT2D eigenvalue weighted by Crippen LogP contribution is 2.27. The van der Waals surface area contributed by atoms with Crippen molar-refractivity contribution >= 4 is 5.91 Å². The highest BCUT2D eigenvalue weighted by Gasteiger charge is 2.34. The van der Waals surface area contributed by atoms with Crippen molar-refractivity contribution in [2.24, 2.45) is 0 Å². The van der Waals surface area contributed by atoms with Crippen LogP contribution in [0.4, 0.5) is 0 Å². The Balaban J connectivity index is 3.06. The molecule has 1 aliphatic heterocycles. The average Bonchev–Trinajstić information content (AvgIpc) is 2.44. The van der Waals surface area contributed by atoms with E-state index in [1.807, 2.05) is 44.7 Å². The maximum atomic E-state index is 12.1. The molecule has 1 rings (SSSR count). The number of carbonyl (C=O) groups excluding carboxylic acids is 1. The van der Waals surface area contributed by atoms with Gasteiger partial charge in [0.05, 0.1) is 0 Å². The van der Waals surface area contributed by atoms with E-state index < -0.39 is 0 Å². The molecule has 0 saturated carbocycles. The minimum atomic E-state index is -0.130. The third-order valence-corrected chi connectivity index (χ3v) is 2.54. The largest absolute Gasteiger partial charge is 0.329 e. The van der Waals surface area contributed by atoms with Crippen molar-refractivity contribution in [3.8, 4) is 0 Å². The van der Waals surface area contributed by atoms with Gasteiger partial charge in [-0.1, -0.05) is 24.8 Å². The molecule has 0 spiro atoms. The van der Waals surface area contributed by atoms with Crippen molar-refractivity contribution in [3.05, 3.63) is 36.0 Å². The molecule has 2 nitrogen and oxygen atoms in total. The summed E-state index contributed by atoms with van der Waals surface area (Å²) in [6.45, 7) is 12.5. The normalized spacial score (nSPS) is 18.1. The monoisotopic (exact) mass is 205 g/mol. The number of hydrogen-bond acceptors (Lipinski definition) is 1. The van der Waals surface area contributed by atoms with E-state index in [-0.39, 0.29) is 11.4 Å². The van der Waals surface area contributed by atoms with Crippen LogP contribution in [-0.4, -0.2) is 22.9 Å². The summed E-state index contributed by atoms with van der Waals surface area (Å²) in [5.41, 5.74) is 1.67. The van der Waals surface area contributed by atoms with Gasteiger partial charge in [0.1, 0.15) is 0 Å². The van der Waals surface area contributed by atoms with E-state index in [1.54, 1.807) is 6.08 Å². The second-order valence-electron chi connectivity index (χ2n) is 4.71. The molecule has 0 unspecified atom stereocenters. The number of amides is 1. The van der Waals surface area contributed by atoms with Crippen molar-refractivity contribution < 1.29 is 4.79 Å². The fourth-order valence-corrected chi connectivity index (χ4v) is 1.67. The van der Waals surface area contributed by atoms with E-state index in [0.29, 0.717) is 6.54 Å². The lowest BCUT2D eigenvalue weighted by atomic mass is 10.1. The van der Waals surface area contributed by atoms with Gasteiger partial charge in [0.25, 0.3) is 5.91 Å². The summed E-state index contributed by atoms with van der Waals surface area (Å²) < 4.78 is 0. The number of carbonyl (C=O) groups is 1. The first-order valence-corrected chi connectivity index (χ1v) is 5.22. The molecule has 82 valence electrons. The van der Waals surface area contributed by atoms with Gasteiger partial charge in [0.2, 0.25) is 0 Å². The van der Waals surface area contributed by atoms with E-state index in [0.717, 1.165) is 11.1 Å². The summed E-state index contributed by atoms with van der Waals surface area (Å²) >= 11 is 0. The van der Waals surface area contributed by atoms with Crippen molar-refractivity contribution in [2.45, 2.75) is 33.2 Å². The van der Waals surface area contributed by atoms with Crippen LogP contribution in [0.1, 0.15) is 27.7 Å². The second-order valence-corrected chi connectivity index (χ2v) is 4.71. The Bertz CT molecular complexity index is 342. The van der Waals surface area contributed by atoms with Crippen LogP contribution in [0.15, 0.2) is 36.0 Å². The van der Waals surface area contributed by atoms with Gasteiger partial charge in [-0.2, -0.15) is 0 Å². The Morgan fingerprint density at radius 3 is 2.40 bits per heavy atom. The zero-order valence-corrected chi connectivity index (χ0v) is 10.0. The molecule has 1 aliphatic rings. The molecule has 1 amide bonds. The third-order valence-electron chi connectivity index (χ3n) is 2.54. The van der Waals surface area contributed by atoms with E-state index >= 15 is 0 Å². The number of nitrogens with zero attached hydrogens (tertiary/aromatic N) is 1. The first-order chi connectivity index (χ1) is 6.91. The predicted molar refractivity (Wildman–Crippen MR) is 63.5 cm³/mol. The molecule has 0 aromatic heterocycles. The van der Waals surface area contributed by atoms with Gasteiger partial charge in [-0.05, 0) is 33.3 Å². The molecule has 15 heavy (non-hydrogen) atoms. The topological polar surface area (TPSA) is 20.3 Å². The van der Waals surface area contributed by atoms with Gasteiger partial charge in [-0.25, -0.2) is 0 Å². The van der Waals surface area contributed by atoms with Gasteiger partial charge in [-0.3, -0.25) is 4.79 Å². The van der Waals surface area contributed by atoms with Gasteiger partial charge in [0, 0.05) is 17.7 Å². The number of hydrogen-bond donors (Lipinski definition) is 0. The van der Waals surface area contributed by atoms with Gasteiger partial charge in [0.15, 0.2) is 0 Å². The Labute approximate surface area is 92.0 Å². The van der Waals surface area contributed by atoms with Crippen LogP contribution >= 0.6 is 0 Å². The first-order valence-electron chi connectivity index (χ1n) is 5.22. The summed E-state index contributed by atoms with van der Waals surface area (Å²) in [6, 6.07) is 0. The number of rotatable bonds is 2. The van der Waals surface area contributed by atoms with Crippen molar-refractivity contribution in [2.75, 3.05) is 6.54 Å². The molecule has 0 bridgehead atoms. The molecular weight excluding hydrogens is 186 g/mol. The highest BCUT2D eigenvalue weighted by molar-refractivity contribution is 6.00. The summed E-state index contributed by atoms with van der Waals surface area (Å²) in [5, 5.41) is 0. The van der Waals surface area contributed by atoms with Crippen LogP contribution in [-0.2, 0) is 4.79 Å². The number of allylic oxidation sites excluding steroid dienone is 1. The van der Waals surface area contributed by atoms with E-state index in [2.05, 4.69) is 6.58 Å². The third kappa shape index (κ3) is 2.20. The quantitative estimate of drug-likeness (QED) is 0.678. The van der Waals surface area contributed by atoms with Crippen LogP contribution in [0.5, 0.6) is 0 Å². The van der Waals surface area contributed by atoms with Crippen LogP contribution in [0, 0.1) is 0 Å². The Morgan fingerprint density at radius 2 is 2.00 bits per heavy atom. The first kappa shape index (κ1) is 11.8. The summed E-state index contributed by atoms with van der Waals surface area (Å²) in [4.78, 5) is 14.0. The molecule has 0 aromatic rings. The van der Waals surface area contributed by atoms with Crippen molar-refractivity contribution in [1.82, 2.24) is 4.90 Å². The molecule has 0 saturated heterocycles. The van der Waals surface area contributed by atoms with E-state index in [1.165, 1.54) is 0 Å². The molecule has 0 radical (unpaired) electrons. The van der Waals surface area contributed by atoms with E-state index in [4.69, 9.17) is 0 Å². The molecule has 0 fully saturated rings. The summed E-state index contributed by atoms with van der Waals surface area (Å²) in [7, 11) is 0. The maximum absolute atomic E-state index is 12.1.